The Morgan fingerprint density at radius 2 is 1.89 bits per heavy atom. The zero-order valence-corrected chi connectivity index (χ0v) is 6.32. The van der Waals surface area contributed by atoms with Gasteiger partial charge in [0.15, 0.2) is 0 Å². The van der Waals surface area contributed by atoms with Crippen LogP contribution in [0.2, 0.25) is 0 Å². The lowest BCUT2D eigenvalue weighted by molar-refractivity contribution is -0.138. The van der Waals surface area contributed by atoms with Gasteiger partial charge in [0.1, 0.15) is 0 Å². The largest absolute Gasteiger partial charge is 0.481 e. The summed E-state index contributed by atoms with van der Waals surface area (Å²) in [5.41, 5.74) is 0. The van der Waals surface area contributed by atoms with E-state index in [9.17, 15) is 4.79 Å². The number of carboxylic acid groups (broad SMARTS) is 1. The maximum atomic E-state index is 9.76. The van der Waals surface area contributed by atoms with Gasteiger partial charge in [-0.05, 0) is 12.8 Å². The van der Waals surface area contributed by atoms with Gasteiger partial charge in [0.25, 0.3) is 0 Å². The van der Waals surface area contributed by atoms with Crippen molar-refractivity contribution in [3.8, 4) is 0 Å². The second-order valence-corrected chi connectivity index (χ2v) is 2.52. The van der Waals surface area contributed by atoms with E-state index in [4.69, 9.17) is 28.3 Å². The average molecular weight is 171 g/mol. The minimum atomic E-state index is -0.630. The Morgan fingerprint density at radius 3 is 1.89 bits per heavy atom. The zero-order valence-electron chi connectivity index (χ0n) is 4.81. The van der Waals surface area contributed by atoms with Crippen molar-refractivity contribution in [2.45, 2.75) is 12.8 Å². The standard InChI is InChI=1S/C4H6O2.CH2Cl2/c5-4(6)3-1-2-3;2-1-3/h3H,1-2H2,(H,5,6);1H2. The van der Waals surface area contributed by atoms with Gasteiger partial charge in [0, 0.05) is 0 Å². The third-order valence-corrected chi connectivity index (χ3v) is 0.927. The predicted molar refractivity (Wildman–Crippen MR) is 36.9 cm³/mol. The van der Waals surface area contributed by atoms with Crippen molar-refractivity contribution in [3.05, 3.63) is 0 Å². The summed E-state index contributed by atoms with van der Waals surface area (Å²) in [5, 5.41) is 8.25. The molecule has 1 N–H and O–H groups in total. The normalized spacial score (nSPS) is 15.8. The summed E-state index contributed by atoms with van der Waals surface area (Å²) in [6.45, 7) is 0. The van der Waals surface area contributed by atoms with Crippen molar-refractivity contribution in [1.29, 1.82) is 0 Å². The summed E-state index contributed by atoms with van der Waals surface area (Å²) in [4.78, 5) is 9.76. The van der Waals surface area contributed by atoms with Crippen LogP contribution in [-0.2, 0) is 4.79 Å². The summed E-state index contributed by atoms with van der Waals surface area (Å²) in [7, 11) is 0. The highest BCUT2D eigenvalue weighted by Crippen LogP contribution is 2.28. The van der Waals surface area contributed by atoms with Crippen molar-refractivity contribution in [3.63, 3.8) is 0 Å². The van der Waals surface area contributed by atoms with E-state index in [1.54, 1.807) is 0 Å². The Kier molecular flexibility index (Phi) is 4.91. The molecule has 0 amide bonds. The summed E-state index contributed by atoms with van der Waals surface area (Å²) in [6.07, 6.45) is 1.80. The number of halogens is 2. The fourth-order valence-electron chi connectivity index (χ4n) is 0.330. The minimum Gasteiger partial charge on any atom is -0.481 e. The molecule has 0 atom stereocenters. The van der Waals surface area contributed by atoms with Crippen LogP contribution in [0.3, 0.4) is 0 Å². The molecule has 0 aromatic carbocycles. The number of carbonyl (C=O) groups is 1. The number of aliphatic carboxylic acids is 1. The second kappa shape index (κ2) is 4.89. The molecule has 0 aromatic rings. The molecule has 0 aliphatic heterocycles. The average Bonchev–Trinajstić information content (AvgIpc) is 2.44. The molecule has 1 aliphatic rings. The fraction of sp³-hybridized carbons (Fsp3) is 0.800. The predicted octanol–water partition coefficient (Wildman–Crippen LogP) is 1.90. The number of rotatable bonds is 1. The molecule has 1 saturated carbocycles. The molecule has 1 rings (SSSR count). The Hall–Kier alpha value is 0.0500. The molecule has 2 nitrogen and oxygen atoms in total. The van der Waals surface area contributed by atoms with Crippen LogP contribution in [0, 0.1) is 5.92 Å². The van der Waals surface area contributed by atoms with Crippen molar-refractivity contribution >= 4 is 29.2 Å². The zero-order chi connectivity index (χ0) is 7.28. The highest BCUT2D eigenvalue weighted by atomic mass is 35.5. The maximum Gasteiger partial charge on any atom is 0.306 e. The van der Waals surface area contributed by atoms with Crippen LogP contribution >= 0.6 is 23.2 Å². The van der Waals surface area contributed by atoms with Crippen LogP contribution in [0.25, 0.3) is 0 Å². The van der Waals surface area contributed by atoms with Crippen LogP contribution in [-0.4, -0.2) is 16.4 Å². The van der Waals surface area contributed by atoms with Gasteiger partial charge in [0.05, 0.1) is 11.3 Å². The molecular weight excluding hydrogens is 163 g/mol. The van der Waals surface area contributed by atoms with E-state index >= 15 is 0 Å². The van der Waals surface area contributed by atoms with Crippen molar-refractivity contribution in [1.82, 2.24) is 0 Å². The van der Waals surface area contributed by atoms with Gasteiger partial charge in [-0.1, -0.05) is 0 Å². The Bertz CT molecular complexity index is 91.0. The lowest BCUT2D eigenvalue weighted by atomic mass is 10.5. The third-order valence-electron chi connectivity index (χ3n) is 0.927. The van der Waals surface area contributed by atoms with Crippen LogP contribution in [0.4, 0.5) is 0 Å². The monoisotopic (exact) mass is 170 g/mol. The van der Waals surface area contributed by atoms with Gasteiger partial charge in [-0.15, -0.1) is 23.2 Å². The number of alkyl halides is 2. The summed E-state index contributed by atoms with van der Waals surface area (Å²) >= 11 is 9.53. The lowest BCUT2D eigenvalue weighted by Crippen LogP contribution is -1.94. The summed E-state index contributed by atoms with van der Waals surface area (Å²) in [5.74, 6) is -0.611. The van der Waals surface area contributed by atoms with E-state index in [0.29, 0.717) is 0 Å². The Balaban J connectivity index is 0.000000187. The molecule has 0 aromatic heterocycles. The number of hydrogen-bond acceptors (Lipinski definition) is 1. The molecule has 9 heavy (non-hydrogen) atoms. The van der Waals surface area contributed by atoms with E-state index in [0.717, 1.165) is 12.8 Å². The van der Waals surface area contributed by atoms with E-state index in [1.165, 1.54) is 0 Å². The molecule has 0 saturated heterocycles. The first-order valence-electron chi connectivity index (χ1n) is 2.57. The molecule has 0 unspecified atom stereocenters. The van der Waals surface area contributed by atoms with Crippen molar-refractivity contribution < 1.29 is 9.90 Å². The maximum absolute atomic E-state index is 9.76. The van der Waals surface area contributed by atoms with E-state index < -0.39 is 5.97 Å². The van der Waals surface area contributed by atoms with Crippen LogP contribution in [0.15, 0.2) is 0 Å². The first-order valence-corrected chi connectivity index (χ1v) is 3.64. The van der Waals surface area contributed by atoms with Crippen LogP contribution < -0.4 is 0 Å². The lowest BCUT2D eigenvalue weighted by Gasteiger charge is -1.75. The van der Waals surface area contributed by atoms with Crippen LogP contribution in [0.1, 0.15) is 12.8 Å². The Labute approximate surface area is 63.8 Å². The van der Waals surface area contributed by atoms with Gasteiger partial charge in [0.2, 0.25) is 0 Å². The van der Waals surface area contributed by atoms with E-state index in [-0.39, 0.29) is 11.3 Å². The Morgan fingerprint density at radius 1 is 1.56 bits per heavy atom. The molecule has 1 fully saturated rings. The highest BCUT2D eigenvalue weighted by molar-refractivity contribution is 6.40. The topological polar surface area (TPSA) is 37.3 Å². The van der Waals surface area contributed by atoms with Gasteiger partial charge in [-0.2, -0.15) is 0 Å². The highest BCUT2D eigenvalue weighted by Gasteiger charge is 2.28. The smallest absolute Gasteiger partial charge is 0.306 e. The summed E-state index contributed by atoms with van der Waals surface area (Å²) < 4.78 is 0. The molecule has 54 valence electrons. The third kappa shape index (κ3) is 5.93. The molecule has 4 heteroatoms. The van der Waals surface area contributed by atoms with E-state index in [2.05, 4.69) is 0 Å². The minimum absolute atomic E-state index is 0.0185. The van der Waals surface area contributed by atoms with E-state index in [1.807, 2.05) is 0 Å². The molecule has 0 spiro atoms. The van der Waals surface area contributed by atoms with Gasteiger partial charge < -0.3 is 5.11 Å². The van der Waals surface area contributed by atoms with Crippen LogP contribution in [0.5, 0.6) is 0 Å². The molecule has 0 radical (unpaired) electrons. The molecule has 0 bridgehead atoms. The first-order chi connectivity index (χ1) is 4.22. The number of hydrogen-bond donors (Lipinski definition) is 1. The first kappa shape index (κ1) is 9.05. The van der Waals surface area contributed by atoms with Crippen molar-refractivity contribution in [2.24, 2.45) is 5.92 Å². The van der Waals surface area contributed by atoms with Gasteiger partial charge >= 0.3 is 5.97 Å². The molecular formula is C5H8Cl2O2. The SMILES string of the molecule is ClCCl.O=C(O)C1CC1. The molecule has 1 aliphatic carbocycles. The fourth-order valence-corrected chi connectivity index (χ4v) is 0.330. The van der Waals surface area contributed by atoms with Crippen molar-refractivity contribution in [2.75, 3.05) is 5.34 Å². The molecule has 0 heterocycles. The quantitative estimate of drug-likeness (QED) is 0.611. The van der Waals surface area contributed by atoms with Gasteiger partial charge in [-0.3, -0.25) is 4.79 Å². The summed E-state index contributed by atoms with van der Waals surface area (Å²) in [6, 6.07) is 0. The number of carboxylic acids is 1. The second-order valence-electron chi connectivity index (χ2n) is 1.71. The van der Waals surface area contributed by atoms with Gasteiger partial charge in [-0.25, -0.2) is 0 Å².